The number of carbonyl (C=O) groups is 1. The van der Waals surface area contributed by atoms with Gasteiger partial charge in [0, 0.05) is 17.7 Å². The molecule has 0 heterocycles. The number of aryl methyl sites for hydroxylation is 1. The van der Waals surface area contributed by atoms with Crippen LogP contribution in [0.2, 0.25) is 0 Å². The van der Waals surface area contributed by atoms with Gasteiger partial charge in [-0.25, -0.2) is 4.21 Å². The zero-order valence-corrected chi connectivity index (χ0v) is 13.8. The van der Waals surface area contributed by atoms with E-state index in [0.29, 0.717) is 16.5 Å². The Labute approximate surface area is 139 Å². The fourth-order valence-corrected chi connectivity index (χ4v) is 3.36. The van der Waals surface area contributed by atoms with Gasteiger partial charge in [-0.15, -0.1) is 0 Å². The highest BCUT2D eigenvalue weighted by molar-refractivity contribution is 8.74. The number of non-ortho nitro benzene ring substituents is 1. The van der Waals surface area contributed by atoms with E-state index in [0.717, 1.165) is 12.0 Å². The number of hydrogen-bond acceptors (Lipinski definition) is 6. The number of nitro groups is 1. The van der Waals surface area contributed by atoms with Crippen LogP contribution >= 0.6 is 10.8 Å². The third-order valence-electron chi connectivity index (χ3n) is 2.95. The molecule has 2 aromatic rings. The van der Waals surface area contributed by atoms with Gasteiger partial charge < -0.3 is 4.18 Å². The van der Waals surface area contributed by atoms with Crippen LogP contribution in [0.15, 0.2) is 48.5 Å². The molecule has 0 radical (unpaired) electrons. The summed E-state index contributed by atoms with van der Waals surface area (Å²) in [6, 6.07) is 12.2. The third kappa shape index (κ3) is 4.90. The summed E-state index contributed by atoms with van der Waals surface area (Å²) in [6.45, 7) is 2.02. The zero-order valence-electron chi connectivity index (χ0n) is 12.1. The van der Waals surface area contributed by atoms with Crippen LogP contribution in [0.4, 0.5) is 5.69 Å². The van der Waals surface area contributed by atoms with E-state index in [4.69, 9.17) is 4.18 Å². The van der Waals surface area contributed by atoms with Gasteiger partial charge in [-0.05, 0) is 36.2 Å². The molecule has 1 unspecified atom stereocenters. The number of nitrogens with zero attached hydrogens (tertiary/aromatic N) is 1. The summed E-state index contributed by atoms with van der Waals surface area (Å²) in [5, 5.41) is 10.1. The van der Waals surface area contributed by atoms with E-state index in [9.17, 15) is 19.1 Å². The van der Waals surface area contributed by atoms with Gasteiger partial charge in [0.05, 0.1) is 15.7 Å². The van der Waals surface area contributed by atoms with Crippen LogP contribution in [0.1, 0.15) is 22.8 Å². The van der Waals surface area contributed by atoms with E-state index in [1.54, 1.807) is 12.1 Å². The summed E-state index contributed by atoms with van der Waals surface area (Å²) in [5.74, 6) is 0.407. The van der Waals surface area contributed by atoms with Crippen molar-refractivity contribution in [3.8, 4) is 5.75 Å². The molecule has 0 aliphatic carbocycles. The van der Waals surface area contributed by atoms with Crippen molar-refractivity contribution < 1.29 is 18.1 Å². The Balaban J connectivity index is 1.95. The Morgan fingerprint density at radius 3 is 2.30 bits per heavy atom. The molecule has 0 aliphatic rings. The monoisotopic (exact) mass is 351 g/mol. The molecule has 0 saturated heterocycles. The molecule has 0 saturated carbocycles. The first-order valence-corrected chi connectivity index (χ1v) is 9.06. The molecule has 120 valence electrons. The van der Waals surface area contributed by atoms with Crippen LogP contribution in [-0.4, -0.2) is 14.2 Å². The zero-order chi connectivity index (χ0) is 16.8. The van der Waals surface area contributed by atoms with Gasteiger partial charge in [0.1, 0.15) is 5.75 Å². The van der Waals surface area contributed by atoms with E-state index in [-0.39, 0.29) is 11.3 Å². The number of carbonyl (C=O) groups excluding carboxylic acids is 1. The van der Waals surface area contributed by atoms with E-state index >= 15 is 0 Å². The molecule has 23 heavy (non-hydrogen) atoms. The van der Waals surface area contributed by atoms with Crippen LogP contribution in [0.5, 0.6) is 5.75 Å². The third-order valence-corrected chi connectivity index (χ3v) is 4.87. The first kappa shape index (κ1) is 17.2. The van der Waals surface area contributed by atoms with E-state index < -0.39 is 20.2 Å². The van der Waals surface area contributed by atoms with Gasteiger partial charge in [-0.3, -0.25) is 14.9 Å². The Morgan fingerprint density at radius 2 is 1.78 bits per heavy atom. The van der Waals surface area contributed by atoms with Crippen molar-refractivity contribution in [2.24, 2.45) is 0 Å². The van der Waals surface area contributed by atoms with Gasteiger partial charge in [-0.1, -0.05) is 19.1 Å². The molecule has 0 aromatic heterocycles. The fraction of sp³-hybridized carbons (Fsp3) is 0.133. The molecule has 2 rings (SSSR count). The number of nitro benzene ring substituents is 1. The number of hydrogen-bond donors (Lipinski definition) is 0. The summed E-state index contributed by atoms with van der Waals surface area (Å²) in [7, 11) is -1.38. The average molecular weight is 351 g/mol. The second-order valence-electron chi connectivity index (χ2n) is 4.46. The lowest BCUT2D eigenvalue weighted by Crippen LogP contribution is -2.02. The van der Waals surface area contributed by atoms with Crippen molar-refractivity contribution in [3.63, 3.8) is 0 Å². The molecular formula is C15H13NO5S2. The summed E-state index contributed by atoms with van der Waals surface area (Å²) in [4.78, 5) is 21.9. The lowest BCUT2D eigenvalue weighted by atomic mass is 10.2. The van der Waals surface area contributed by atoms with Crippen LogP contribution in [0.3, 0.4) is 0 Å². The minimum absolute atomic E-state index is 0.111. The van der Waals surface area contributed by atoms with E-state index in [1.165, 1.54) is 24.3 Å². The second kappa shape index (κ2) is 7.89. The molecular weight excluding hydrogens is 338 g/mol. The number of benzene rings is 2. The predicted octanol–water partition coefficient (Wildman–Crippen LogP) is 3.69. The summed E-state index contributed by atoms with van der Waals surface area (Å²) < 4.78 is 17.0. The summed E-state index contributed by atoms with van der Waals surface area (Å²) in [5.41, 5.74) is 1.23. The quantitative estimate of drug-likeness (QED) is 0.448. The van der Waals surface area contributed by atoms with Gasteiger partial charge in [0.25, 0.3) is 15.8 Å². The van der Waals surface area contributed by atoms with Gasteiger partial charge in [0.2, 0.25) is 5.12 Å². The smallest absolute Gasteiger partial charge is 0.279 e. The molecule has 1 atom stereocenters. The van der Waals surface area contributed by atoms with Crippen molar-refractivity contribution in [2.75, 3.05) is 0 Å². The fourth-order valence-electron chi connectivity index (χ4n) is 1.71. The van der Waals surface area contributed by atoms with Gasteiger partial charge in [-0.2, -0.15) is 0 Å². The van der Waals surface area contributed by atoms with Crippen LogP contribution < -0.4 is 4.18 Å². The minimum atomic E-state index is -1.89. The average Bonchev–Trinajstić information content (AvgIpc) is 2.55. The minimum Gasteiger partial charge on any atom is -0.392 e. The summed E-state index contributed by atoms with van der Waals surface area (Å²) in [6.07, 6.45) is 0.886. The van der Waals surface area contributed by atoms with Crippen molar-refractivity contribution in [3.05, 3.63) is 69.8 Å². The van der Waals surface area contributed by atoms with Crippen molar-refractivity contribution in [2.45, 2.75) is 13.3 Å². The summed E-state index contributed by atoms with van der Waals surface area (Å²) >= 11 is 0. The number of rotatable bonds is 6. The molecule has 0 spiro atoms. The Hall–Kier alpha value is -2.19. The lowest BCUT2D eigenvalue weighted by Gasteiger charge is -2.04. The molecule has 0 N–H and O–H groups in total. The second-order valence-corrected chi connectivity index (χ2v) is 6.89. The van der Waals surface area contributed by atoms with Crippen molar-refractivity contribution in [1.82, 2.24) is 0 Å². The first-order valence-electron chi connectivity index (χ1n) is 6.65. The van der Waals surface area contributed by atoms with Crippen molar-refractivity contribution >= 4 is 31.7 Å². The SMILES string of the molecule is CCc1ccc(OS(=O)SC(=O)c2ccc([N+](=O)[O-])cc2)cc1. The Morgan fingerprint density at radius 1 is 1.17 bits per heavy atom. The Kier molecular flexibility index (Phi) is 5.89. The van der Waals surface area contributed by atoms with Crippen LogP contribution in [-0.2, 0) is 16.5 Å². The maximum atomic E-state index is 11.9. The van der Waals surface area contributed by atoms with Crippen LogP contribution in [0.25, 0.3) is 0 Å². The maximum Gasteiger partial charge on any atom is 0.279 e. The van der Waals surface area contributed by atoms with Crippen LogP contribution in [0, 0.1) is 10.1 Å². The van der Waals surface area contributed by atoms with Gasteiger partial charge in [0.15, 0.2) is 0 Å². The highest BCUT2D eigenvalue weighted by atomic mass is 33.1. The topological polar surface area (TPSA) is 86.5 Å². The largest absolute Gasteiger partial charge is 0.392 e. The molecule has 0 aliphatic heterocycles. The molecule has 8 heteroatoms. The predicted molar refractivity (Wildman–Crippen MR) is 89.6 cm³/mol. The van der Waals surface area contributed by atoms with E-state index in [2.05, 4.69) is 0 Å². The normalized spacial score (nSPS) is 11.7. The molecule has 0 amide bonds. The molecule has 0 bridgehead atoms. The highest BCUT2D eigenvalue weighted by Gasteiger charge is 2.15. The molecule has 6 nitrogen and oxygen atoms in total. The lowest BCUT2D eigenvalue weighted by molar-refractivity contribution is -0.384. The maximum absolute atomic E-state index is 11.9. The first-order chi connectivity index (χ1) is 11.0. The highest BCUT2D eigenvalue weighted by Crippen LogP contribution is 2.22. The standard InChI is InChI=1S/C15H13NO5S2/c1-2-11-3-9-14(10-4-11)21-23(20)22-15(17)12-5-7-13(8-6-12)16(18)19/h3-10H,2H2,1H3. The van der Waals surface area contributed by atoms with Gasteiger partial charge >= 0.3 is 0 Å². The van der Waals surface area contributed by atoms with E-state index in [1.807, 2.05) is 19.1 Å². The van der Waals surface area contributed by atoms with Crippen molar-refractivity contribution in [1.29, 1.82) is 0 Å². The molecule has 2 aromatic carbocycles. The Bertz CT molecular complexity index is 729. The molecule has 0 fully saturated rings.